The predicted octanol–water partition coefficient (Wildman–Crippen LogP) is 2.25. The van der Waals surface area contributed by atoms with Gasteiger partial charge in [0.1, 0.15) is 11.2 Å². The zero-order valence-electron chi connectivity index (χ0n) is 11.8. The lowest BCUT2D eigenvalue weighted by atomic mass is 10.1. The van der Waals surface area contributed by atoms with Gasteiger partial charge in [-0.15, -0.1) is 0 Å². The van der Waals surface area contributed by atoms with Gasteiger partial charge in [-0.3, -0.25) is 9.78 Å². The van der Waals surface area contributed by atoms with Crippen molar-refractivity contribution in [2.24, 2.45) is 0 Å². The van der Waals surface area contributed by atoms with Crippen LogP contribution in [-0.4, -0.2) is 38.8 Å². The molecule has 0 saturated carbocycles. The SMILES string of the molecule is O=C(c1cnccn1)N1CC[C@H](c2nc3ccccc3o2)C1. The number of fused-ring (bicyclic) bond motifs is 1. The number of carbonyl (C=O) groups is 1. The first-order valence-corrected chi connectivity index (χ1v) is 7.22. The molecule has 0 unspecified atom stereocenters. The lowest BCUT2D eigenvalue weighted by molar-refractivity contribution is 0.0783. The molecule has 0 radical (unpaired) electrons. The molecule has 6 heteroatoms. The molecule has 6 nitrogen and oxygen atoms in total. The van der Waals surface area contributed by atoms with Crippen LogP contribution in [0.3, 0.4) is 0 Å². The van der Waals surface area contributed by atoms with Crippen molar-refractivity contribution in [1.82, 2.24) is 19.9 Å². The minimum Gasteiger partial charge on any atom is -0.440 e. The first-order chi connectivity index (χ1) is 10.8. The summed E-state index contributed by atoms with van der Waals surface area (Å²) in [5, 5.41) is 0. The van der Waals surface area contributed by atoms with Crippen molar-refractivity contribution >= 4 is 17.0 Å². The van der Waals surface area contributed by atoms with E-state index in [1.54, 1.807) is 11.1 Å². The van der Waals surface area contributed by atoms with E-state index in [0.29, 0.717) is 24.7 Å². The van der Waals surface area contributed by atoms with Crippen molar-refractivity contribution in [3.05, 3.63) is 54.4 Å². The number of nitrogens with zero attached hydrogens (tertiary/aromatic N) is 4. The summed E-state index contributed by atoms with van der Waals surface area (Å²) in [6, 6.07) is 7.70. The number of hydrogen-bond donors (Lipinski definition) is 0. The molecule has 22 heavy (non-hydrogen) atoms. The van der Waals surface area contributed by atoms with E-state index < -0.39 is 0 Å². The summed E-state index contributed by atoms with van der Waals surface area (Å²) in [4.78, 5) is 26.7. The Hall–Kier alpha value is -2.76. The normalized spacial score (nSPS) is 18.0. The maximum atomic E-state index is 12.4. The van der Waals surface area contributed by atoms with Crippen molar-refractivity contribution in [3.8, 4) is 0 Å². The van der Waals surface area contributed by atoms with E-state index in [4.69, 9.17) is 4.42 Å². The molecule has 0 bridgehead atoms. The average Bonchev–Trinajstić information content (AvgIpc) is 3.21. The summed E-state index contributed by atoms with van der Waals surface area (Å²) in [5.41, 5.74) is 2.02. The van der Waals surface area contributed by atoms with Crippen LogP contribution in [0.2, 0.25) is 0 Å². The van der Waals surface area contributed by atoms with Gasteiger partial charge < -0.3 is 9.32 Å². The first kappa shape index (κ1) is 12.9. The molecular weight excluding hydrogens is 280 g/mol. The van der Waals surface area contributed by atoms with Crippen LogP contribution in [0, 0.1) is 0 Å². The lowest BCUT2D eigenvalue weighted by Gasteiger charge is -2.14. The van der Waals surface area contributed by atoms with Crippen molar-refractivity contribution in [3.63, 3.8) is 0 Å². The van der Waals surface area contributed by atoms with Crippen LogP contribution in [0.15, 0.2) is 47.3 Å². The number of hydrogen-bond acceptors (Lipinski definition) is 5. The average molecular weight is 294 g/mol. The second kappa shape index (κ2) is 5.22. The highest BCUT2D eigenvalue weighted by Gasteiger charge is 2.31. The molecule has 0 N–H and O–H groups in total. The Morgan fingerprint density at radius 2 is 2.18 bits per heavy atom. The zero-order valence-corrected chi connectivity index (χ0v) is 11.8. The van der Waals surface area contributed by atoms with Gasteiger partial charge in [0.2, 0.25) is 0 Å². The highest BCUT2D eigenvalue weighted by atomic mass is 16.3. The third-order valence-corrected chi connectivity index (χ3v) is 3.92. The minimum atomic E-state index is -0.0910. The van der Waals surface area contributed by atoms with Crippen LogP contribution in [0.5, 0.6) is 0 Å². The van der Waals surface area contributed by atoms with Gasteiger partial charge in [0, 0.05) is 25.5 Å². The largest absolute Gasteiger partial charge is 0.440 e. The molecule has 1 atom stereocenters. The zero-order chi connectivity index (χ0) is 14.9. The second-order valence-electron chi connectivity index (χ2n) is 5.35. The van der Waals surface area contributed by atoms with E-state index in [-0.39, 0.29) is 11.8 Å². The predicted molar refractivity (Wildman–Crippen MR) is 79.3 cm³/mol. The van der Waals surface area contributed by atoms with E-state index in [2.05, 4.69) is 15.0 Å². The van der Waals surface area contributed by atoms with Crippen molar-refractivity contribution < 1.29 is 9.21 Å². The molecule has 110 valence electrons. The third kappa shape index (κ3) is 2.22. The van der Waals surface area contributed by atoms with Crippen LogP contribution < -0.4 is 0 Å². The number of oxazole rings is 1. The quantitative estimate of drug-likeness (QED) is 0.725. The van der Waals surface area contributed by atoms with E-state index in [1.165, 1.54) is 12.4 Å². The molecule has 0 aliphatic carbocycles. The molecule has 3 heterocycles. The molecule has 1 aliphatic heterocycles. The summed E-state index contributed by atoms with van der Waals surface area (Å²) in [6.07, 6.45) is 5.43. The van der Waals surface area contributed by atoms with Gasteiger partial charge in [0.05, 0.1) is 12.1 Å². The Morgan fingerprint density at radius 3 is 3.00 bits per heavy atom. The van der Waals surface area contributed by atoms with E-state index in [9.17, 15) is 4.79 Å². The number of para-hydroxylation sites is 2. The third-order valence-electron chi connectivity index (χ3n) is 3.92. The van der Waals surface area contributed by atoms with Crippen LogP contribution in [0.4, 0.5) is 0 Å². The first-order valence-electron chi connectivity index (χ1n) is 7.22. The van der Waals surface area contributed by atoms with Crippen LogP contribution in [0.25, 0.3) is 11.1 Å². The van der Waals surface area contributed by atoms with Crippen molar-refractivity contribution in [2.45, 2.75) is 12.3 Å². The molecule has 1 aromatic carbocycles. The Kier molecular flexibility index (Phi) is 3.07. The molecule has 1 aliphatic rings. The molecule has 1 amide bonds. The lowest BCUT2D eigenvalue weighted by Crippen LogP contribution is -2.29. The fraction of sp³-hybridized carbons (Fsp3) is 0.250. The smallest absolute Gasteiger partial charge is 0.274 e. The van der Waals surface area contributed by atoms with Crippen LogP contribution >= 0.6 is 0 Å². The molecule has 1 saturated heterocycles. The molecule has 0 spiro atoms. The Labute approximate surface area is 126 Å². The molecule has 1 fully saturated rings. The van der Waals surface area contributed by atoms with E-state index in [1.807, 2.05) is 24.3 Å². The highest BCUT2D eigenvalue weighted by molar-refractivity contribution is 5.92. The number of amides is 1. The number of aromatic nitrogens is 3. The fourth-order valence-electron chi connectivity index (χ4n) is 2.78. The van der Waals surface area contributed by atoms with Crippen molar-refractivity contribution in [1.29, 1.82) is 0 Å². The summed E-state index contributed by atoms with van der Waals surface area (Å²) in [6.45, 7) is 1.28. The van der Waals surface area contributed by atoms with E-state index >= 15 is 0 Å². The van der Waals surface area contributed by atoms with Gasteiger partial charge in [-0.25, -0.2) is 9.97 Å². The Balaban J connectivity index is 1.53. The summed E-state index contributed by atoms with van der Waals surface area (Å²) in [7, 11) is 0. The summed E-state index contributed by atoms with van der Waals surface area (Å²) < 4.78 is 5.81. The van der Waals surface area contributed by atoms with Crippen LogP contribution in [-0.2, 0) is 0 Å². The monoisotopic (exact) mass is 294 g/mol. The van der Waals surface area contributed by atoms with Gasteiger partial charge in [0.15, 0.2) is 11.5 Å². The van der Waals surface area contributed by atoms with E-state index in [0.717, 1.165) is 17.5 Å². The summed E-state index contributed by atoms with van der Waals surface area (Å²) >= 11 is 0. The van der Waals surface area contributed by atoms with Gasteiger partial charge in [0.25, 0.3) is 5.91 Å². The standard InChI is InChI=1S/C16H14N4O2/c21-16(13-9-17-6-7-18-13)20-8-5-11(10-20)15-19-12-3-1-2-4-14(12)22-15/h1-4,6-7,9,11H,5,8,10H2/t11-/m0/s1. The second-order valence-corrected chi connectivity index (χ2v) is 5.35. The molecule has 2 aromatic heterocycles. The number of benzene rings is 1. The van der Waals surface area contributed by atoms with Crippen molar-refractivity contribution in [2.75, 3.05) is 13.1 Å². The van der Waals surface area contributed by atoms with Gasteiger partial charge in [-0.2, -0.15) is 0 Å². The van der Waals surface area contributed by atoms with Crippen LogP contribution in [0.1, 0.15) is 28.7 Å². The molecular formula is C16H14N4O2. The number of likely N-dealkylation sites (tertiary alicyclic amines) is 1. The molecule has 4 rings (SSSR count). The maximum Gasteiger partial charge on any atom is 0.274 e. The Bertz CT molecular complexity index is 782. The van der Waals surface area contributed by atoms with Gasteiger partial charge >= 0.3 is 0 Å². The minimum absolute atomic E-state index is 0.0910. The Morgan fingerprint density at radius 1 is 1.27 bits per heavy atom. The van der Waals surface area contributed by atoms with Gasteiger partial charge in [-0.1, -0.05) is 12.1 Å². The number of carbonyl (C=O) groups excluding carboxylic acids is 1. The van der Waals surface area contributed by atoms with Gasteiger partial charge in [-0.05, 0) is 18.6 Å². The maximum absolute atomic E-state index is 12.4. The summed E-state index contributed by atoms with van der Waals surface area (Å²) in [5.74, 6) is 0.746. The fourth-order valence-corrected chi connectivity index (χ4v) is 2.78. The topological polar surface area (TPSA) is 72.1 Å². The number of rotatable bonds is 2. The highest BCUT2D eigenvalue weighted by Crippen LogP contribution is 2.29. The molecule has 3 aromatic rings.